The minimum atomic E-state index is -3.63. The Labute approximate surface area is 146 Å². The monoisotopic (exact) mass is 358 g/mol. The number of nitrogens with one attached hydrogen (secondary N) is 1. The van der Waals surface area contributed by atoms with Crippen molar-refractivity contribution in [2.75, 3.05) is 7.11 Å². The van der Waals surface area contributed by atoms with E-state index in [0.29, 0.717) is 17.3 Å². The maximum Gasteiger partial charge on any atom is 0.240 e. The minimum absolute atomic E-state index is 0.149. The van der Waals surface area contributed by atoms with Crippen molar-refractivity contribution in [3.63, 3.8) is 0 Å². The third kappa shape index (κ3) is 3.89. The van der Waals surface area contributed by atoms with Gasteiger partial charge in [-0.05, 0) is 18.2 Å². The van der Waals surface area contributed by atoms with Crippen LogP contribution in [0.1, 0.15) is 11.5 Å². The number of rotatable bonds is 6. The molecular formula is C18H18N2O4S. The molecule has 3 aromatic rings. The van der Waals surface area contributed by atoms with Crippen molar-refractivity contribution < 1.29 is 17.6 Å². The van der Waals surface area contributed by atoms with E-state index in [1.807, 2.05) is 18.2 Å². The summed E-state index contributed by atoms with van der Waals surface area (Å²) in [5.41, 5.74) is 2.23. The lowest BCUT2D eigenvalue weighted by molar-refractivity contribution is 0.409. The molecule has 0 spiro atoms. The van der Waals surface area contributed by atoms with Gasteiger partial charge in [-0.1, -0.05) is 30.3 Å². The summed E-state index contributed by atoms with van der Waals surface area (Å²) in [6, 6.07) is 13.8. The summed E-state index contributed by atoms with van der Waals surface area (Å²) in [4.78, 5) is 4.41. The number of aryl methyl sites for hydroxylation is 1. The number of hydrogen-bond acceptors (Lipinski definition) is 5. The molecule has 25 heavy (non-hydrogen) atoms. The van der Waals surface area contributed by atoms with E-state index in [9.17, 15) is 8.42 Å². The van der Waals surface area contributed by atoms with Crippen LogP contribution in [0.4, 0.5) is 0 Å². The van der Waals surface area contributed by atoms with Gasteiger partial charge in [0.15, 0.2) is 5.89 Å². The van der Waals surface area contributed by atoms with E-state index in [2.05, 4.69) is 9.71 Å². The van der Waals surface area contributed by atoms with Crippen LogP contribution in [0, 0.1) is 6.92 Å². The number of oxazole rings is 1. The molecule has 6 nitrogen and oxygen atoms in total. The van der Waals surface area contributed by atoms with Crippen LogP contribution in [0.15, 0.2) is 64.1 Å². The zero-order chi connectivity index (χ0) is 17.9. The number of para-hydroxylation sites is 1. The summed E-state index contributed by atoms with van der Waals surface area (Å²) >= 11 is 0. The molecule has 0 unspecified atom stereocenters. The Bertz CT molecular complexity index is 963. The molecule has 2 aromatic carbocycles. The Balaban J connectivity index is 1.76. The van der Waals surface area contributed by atoms with E-state index in [1.54, 1.807) is 50.6 Å². The lowest BCUT2D eigenvalue weighted by atomic mass is 10.2. The molecule has 1 heterocycles. The SMILES string of the molecule is COc1ccccc1CNS(=O)(=O)c1ccc(-c2coc(C)n2)cc1. The molecule has 0 amide bonds. The van der Waals surface area contributed by atoms with Crippen LogP contribution in [0.3, 0.4) is 0 Å². The van der Waals surface area contributed by atoms with Crippen molar-refractivity contribution in [1.82, 2.24) is 9.71 Å². The number of methoxy groups -OCH3 is 1. The third-order valence-electron chi connectivity index (χ3n) is 3.72. The fourth-order valence-electron chi connectivity index (χ4n) is 2.41. The highest BCUT2D eigenvalue weighted by Crippen LogP contribution is 2.21. The highest BCUT2D eigenvalue weighted by Gasteiger charge is 2.15. The van der Waals surface area contributed by atoms with Gasteiger partial charge in [-0.3, -0.25) is 0 Å². The van der Waals surface area contributed by atoms with E-state index in [0.717, 1.165) is 11.1 Å². The van der Waals surface area contributed by atoms with Crippen LogP contribution in [0.2, 0.25) is 0 Å². The van der Waals surface area contributed by atoms with E-state index in [4.69, 9.17) is 9.15 Å². The quantitative estimate of drug-likeness (QED) is 0.732. The molecule has 0 aliphatic carbocycles. The van der Waals surface area contributed by atoms with Crippen LogP contribution >= 0.6 is 0 Å². The van der Waals surface area contributed by atoms with E-state index >= 15 is 0 Å². The summed E-state index contributed by atoms with van der Waals surface area (Å²) in [6.45, 7) is 1.90. The topological polar surface area (TPSA) is 81.4 Å². The highest BCUT2D eigenvalue weighted by atomic mass is 32.2. The lowest BCUT2D eigenvalue weighted by Crippen LogP contribution is -2.23. The van der Waals surface area contributed by atoms with Gasteiger partial charge in [0.05, 0.1) is 12.0 Å². The van der Waals surface area contributed by atoms with Crippen molar-refractivity contribution >= 4 is 10.0 Å². The Kier molecular flexibility index (Phi) is 4.87. The van der Waals surface area contributed by atoms with E-state index in [1.165, 1.54) is 0 Å². The average Bonchev–Trinajstić information content (AvgIpc) is 3.07. The van der Waals surface area contributed by atoms with Crippen LogP contribution in [-0.4, -0.2) is 20.5 Å². The molecule has 0 radical (unpaired) electrons. The highest BCUT2D eigenvalue weighted by molar-refractivity contribution is 7.89. The second kappa shape index (κ2) is 7.08. The number of sulfonamides is 1. The maximum atomic E-state index is 12.5. The predicted octanol–water partition coefficient (Wildman–Crippen LogP) is 3.14. The van der Waals surface area contributed by atoms with Crippen molar-refractivity contribution in [1.29, 1.82) is 0 Å². The number of nitrogens with zero attached hydrogens (tertiary/aromatic N) is 1. The van der Waals surface area contributed by atoms with Crippen molar-refractivity contribution in [2.24, 2.45) is 0 Å². The molecule has 1 N–H and O–H groups in total. The van der Waals surface area contributed by atoms with Crippen LogP contribution in [-0.2, 0) is 16.6 Å². The zero-order valence-corrected chi connectivity index (χ0v) is 14.7. The number of hydrogen-bond donors (Lipinski definition) is 1. The zero-order valence-electron chi connectivity index (χ0n) is 13.9. The second-order valence-corrected chi connectivity index (χ2v) is 7.18. The normalized spacial score (nSPS) is 11.4. The van der Waals surface area contributed by atoms with Gasteiger partial charge in [0.25, 0.3) is 0 Å². The third-order valence-corrected chi connectivity index (χ3v) is 5.14. The smallest absolute Gasteiger partial charge is 0.240 e. The molecule has 0 saturated carbocycles. The molecule has 0 aliphatic heterocycles. The summed E-state index contributed by atoms with van der Waals surface area (Å²) in [5.74, 6) is 1.20. The molecule has 7 heteroatoms. The van der Waals surface area contributed by atoms with Crippen LogP contribution in [0.25, 0.3) is 11.3 Å². The molecule has 0 aliphatic rings. The number of aromatic nitrogens is 1. The molecule has 0 atom stereocenters. The molecule has 0 saturated heterocycles. The van der Waals surface area contributed by atoms with Crippen LogP contribution in [0.5, 0.6) is 5.75 Å². The number of ether oxygens (including phenoxy) is 1. The van der Waals surface area contributed by atoms with Crippen molar-refractivity contribution in [3.8, 4) is 17.0 Å². The van der Waals surface area contributed by atoms with Crippen LogP contribution < -0.4 is 9.46 Å². The first kappa shape index (κ1) is 17.2. The van der Waals surface area contributed by atoms with Gasteiger partial charge in [-0.2, -0.15) is 0 Å². The first-order chi connectivity index (χ1) is 12.0. The number of benzene rings is 2. The summed E-state index contributed by atoms with van der Waals surface area (Å²) < 4.78 is 37.9. The molecule has 130 valence electrons. The van der Waals surface area contributed by atoms with Gasteiger partial charge >= 0.3 is 0 Å². The van der Waals surface area contributed by atoms with E-state index in [-0.39, 0.29) is 11.4 Å². The maximum absolute atomic E-state index is 12.5. The van der Waals surface area contributed by atoms with Gasteiger partial charge in [-0.15, -0.1) is 0 Å². The molecule has 3 rings (SSSR count). The standard InChI is InChI=1S/C18H18N2O4S/c1-13-20-17(12-24-13)14-7-9-16(10-8-14)25(21,22)19-11-15-5-3-4-6-18(15)23-2/h3-10,12,19H,11H2,1-2H3. The lowest BCUT2D eigenvalue weighted by Gasteiger charge is -2.10. The summed E-state index contributed by atoms with van der Waals surface area (Å²) in [5, 5.41) is 0. The Morgan fingerprint density at radius 1 is 1.12 bits per heavy atom. The Morgan fingerprint density at radius 2 is 1.84 bits per heavy atom. The minimum Gasteiger partial charge on any atom is -0.496 e. The molecule has 1 aromatic heterocycles. The van der Waals surface area contributed by atoms with Crippen molar-refractivity contribution in [2.45, 2.75) is 18.4 Å². The van der Waals surface area contributed by atoms with Gasteiger partial charge in [-0.25, -0.2) is 18.1 Å². The fourth-order valence-corrected chi connectivity index (χ4v) is 3.41. The Hall–Kier alpha value is -2.64. The molecule has 0 bridgehead atoms. The van der Waals surface area contributed by atoms with E-state index < -0.39 is 10.0 Å². The Morgan fingerprint density at radius 3 is 2.48 bits per heavy atom. The van der Waals surface area contributed by atoms with Crippen molar-refractivity contribution in [3.05, 3.63) is 66.2 Å². The largest absolute Gasteiger partial charge is 0.496 e. The molecular weight excluding hydrogens is 340 g/mol. The van der Waals surface area contributed by atoms with Gasteiger partial charge in [0, 0.05) is 24.6 Å². The summed E-state index contributed by atoms with van der Waals surface area (Å²) in [6.07, 6.45) is 1.54. The van der Waals surface area contributed by atoms with Gasteiger partial charge in [0.2, 0.25) is 10.0 Å². The first-order valence-corrected chi connectivity index (χ1v) is 9.12. The summed E-state index contributed by atoms with van der Waals surface area (Å²) in [7, 11) is -2.07. The first-order valence-electron chi connectivity index (χ1n) is 7.64. The second-order valence-electron chi connectivity index (χ2n) is 5.41. The molecule has 0 fully saturated rings. The predicted molar refractivity (Wildman–Crippen MR) is 93.7 cm³/mol. The average molecular weight is 358 g/mol. The van der Waals surface area contributed by atoms with Gasteiger partial charge < -0.3 is 9.15 Å². The fraction of sp³-hybridized carbons (Fsp3) is 0.167. The van der Waals surface area contributed by atoms with Gasteiger partial charge in [0.1, 0.15) is 17.7 Å².